The number of hydrogen-bond donors (Lipinski definition) is 1. The molecule has 0 radical (unpaired) electrons. The van der Waals surface area contributed by atoms with Crippen LogP contribution in [0.4, 0.5) is 5.69 Å². The molecule has 0 unspecified atom stereocenters. The van der Waals surface area contributed by atoms with Gasteiger partial charge in [-0.3, -0.25) is 4.79 Å². The minimum atomic E-state index is -0.259. The summed E-state index contributed by atoms with van der Waals surface area (Å²) in [5.41, 5.74) is 6.16. The van der Waals surface area contributed by atoms with Crippen LogP contribution in [-0.2, 0) is 6.61 Å². The van der Waals surface area contributed by atoms with Crippen molar-refractivity contribution >= 4 is 44.5 Å². The fourth-order valence-corrected chi connectivity index (χ4v) is 5.13. The molecule has 0 aromatic heterocycles. The maximum Gasteiger partial charge on any atom is 0.271 e. The van der Waals surface area contributed by atoms with Gasteiger partial charge in [0.05, 0.1) is 17.8 Å². The van der Waals surface area contributed by atoms with E-state index in [1.165, 1.54) is 18.2 Å². The number of rotatable bonds is 8. The second-order valence-electron chi connectivity index (χ2n) is 8.90. The van der Waals surface area contributed by atoms with Crippen molar-refractivity contribution < 1.29 is 14.3 Å². The number of carbonyl (C=O) groups is 1. The lowest BCUT2D eigenvalue weighted by Crippen LogP contribution is -2.19. The number of methoxy groups -OCH3 is 1. The number of nitrogens with zero attached hydrogens (tertiary/aromatic N) is 2. The van der Waals surface area contributed by atoms with Crippen LogP contribution < -0.4 is 19.8 Å². The van der Waals surface area contributed by atoms with Gasteiger partial charge in [0, 0.05) is 24.3 Å². The van der Waals surface area contributed by atoms with Gasteiger partial charge in [0.1, 0.15) is 6.61 Å². The second-order valence-corrected chi connectivity index (χ2v) is 9.76. The van der Waals surface area contributed by atoms with Crippen molar-refractivity contribution in [3.05, 3.63) is 100 Å². The van der Waals surface area contributed by atoms with Gasteiger partial charge < -0.3 is 14.4 Å². The van der Waals surface area contributed by atoms with Gasteiger partial charge in [-0.2, -0.15) is 5.10 Å². The lowest BCUT2D eigenvalue weighted by Gasteiger charge is -2.17. The van der Waals surface area contributed by atoms with E-state index in [2.05, 4.69) is 55.6 Å². The average molecular weight is 558 g/mol. The van der Waals surface area contributed by atoms with Crippen LogP contribution in [0, 0.1) is 0 Å². The molecule has 1 heterocycles. The Balaban J connectivity index is 1.24. The van der Waals surface area contributed by atoms with Crippen molar-refractivity contribution in [2.24, 2.45) is 5.10 Å². The highest BCUT2D eigenvalue weighted by atomic mass is 79.9. The highest BCUT2D eigenvalue weighted by Crippen LogP contribution is 2.37. The van der Waals surface area contributed by atoms with E-state index in [-0.39, 0.29) is 5.91 Å². The predicted molar refractivity (Wildman–Crippen MR) is 152 cm³/mol. The Kier molecular flexibility index (Phi) is 7.70. The van der Waals surface area contributed by atoms with Crippen LogP contribution in [0.25, 0.3) is 10.8 Å². The number of hydrazone groups is 1. The number of hydrogen-bond acceptors (Lipinski definition) is 5. The van der Waals surface area contributed by atoms with E-state index >= 15 is 0 Å². The summed E-state index contributed by atoms with van der Waals surface area (Å²) in [5.74, 6) is 0.917. The van der Waals surface area contributed by atoms with Gasteiger partial charge >= 0.3 is 0 Å². The molecular weight excluding hydrogens is 530 g/mol. The molecule has 0 saturated carbocycles. The highest BCUT2D eigenvalue weighted by molar-refractivity contribution is 9.10. The number of fused-ring (bicyclic) bond motifs is 1. The van der Waals surface area contributed by atoms with Crippen molar-refractivity contribution in [1.82, 2.24) is 5.43 Å². The summed E-state index contributed by atoms with van der Waals surface area (Å²) < 4.78 is 12.5. The Bertz CT molecular complexity index is 1420. The molecule has 7 heteroatoms. The first-order chi connectivity index (χ1) is 18.1. The second kappa shape index (κ2) is 11.5. The number of amides is 1. The van der Waals surface area contributed by atoms with E-state index in [1.54, 1.807) is 13.3 Å². The van der Waals surface area contributed by atoms with Crippen LogP contribution in [0.5, 0.6) is 11.5 Å². The normalized spacial score (nSPS) is 13.3. The quantitative estimate of drug-likeness (QED) is 0.197. The molecule has 0 spiro atoms. The zero-order valence-electron chi connectivity index (χ0n) is 20.6. The Morgan fingerprint density at radius 3 is 2.57 bits per heavy atom. The molecule has 1 aliphatic heterocycles. The molecule has 0 bridgehead atoms. The van der Waals surface area contributed by atoms with E-state index in [1.807, 2.05) is 54.6 Å². The third-order valence-corrected chi connectivity index (χ3v) is 7.07. The summed E-state index contributed by atoms with van der Waals surface area (Å²) in [7, 11) is 1.60. The van der Waals surface area contributed by atoms with Crippen molar-refractivity contribution in [3.8, 4) is 11.5 Å². The summed E-state index contributed by atoms with van der Waals surface area (Å²) in [5, 5.41) is 6.47. The van der Waals surface area contributed by atoms with Crippen LogP contribution in [0.15, 0.2) is 88.4 Å². The highest BCUT2D eigenvalue weighted by Gasteiger charge is 2.14. The number of carbonyl (C=O) groups excluding carboxylic acids is 1. The first-order valence-corrected chi connectivity index (χ1v) is 13.1. The van der Waals surface area contributed by atoms with Gasteiger partial charge in [-0.05, 0) is 87.1 Å². The van der Waals surface area contributed by atoms with Gasteiger partial charge in [0.15, 0.2) is 11.5 Å². The van der Waals surface area contributed by atoms with Gasteiger partial charge in [-0.15, -0.1) is 0 Å². The molecular formula is C30H28BrN3O3. The molecule has 4 aromatic rings. The van der Waals surface area contributed by atoms with Crippen molar-refractivity contribution in [1.29, 1.82) is 0 Å². The van der Waals surface area contributed by atoms with Crippen LogP contribution >= 0.6 is 15.9 Å². The predicted octanol–water partition coefficient (Wildman–Crippen LogP) is 6.55. The topological polar surface area (TPSA) is 63.2 Å². The SMILES string of the molecule is COc1cc(/C=N/NC(=O)c2ccc(N3CCCC3)cc2)cc(Br)c1OCc1cccc2ccccc12. The lowest BCUT2D eigenvalue weighted by molar-refractivity contribution is 0.0955. The van der Waals surface area contributed by atoms with Crippen LogP contribution in [0.1, 0.15) is 34.3 Å². The fraction of sp³-hybridized carbons (Fsp3) is 0.200. The largest absolute Gasteiger partial charge is 0.493 e. The molecule has 5 rings (SSSR count). The van der Waals surface area contributed by atoms with Gasteiger partial charge in [0.2, 0.25) is 0 Å². The fourth-order valence-electron chi connectivity index (χ4n) is 4.55. The maximum absolute atomic E-state index is 12.5. The monoisotopic (exact) mass is 557 g/mol. The summed E-state index contributed by atoms with van der Waals surface area (Å²) in [6.07, 6.45) is 4.02. The Morgan fingerprint density at radius 1 is 1.03 bits per heavy atom. The number of anilines is 1. The molecule has 1 aliphatic rings. The molecule has 188 valence electrons. The minimum absolute atomic E-state index is 0.259. The summed E-state index contributed by atoms with van der Waals surface area (Å²) in [4.78, 5) is 14.9. The van der Waals surface area contributed by atoms with E-state index in [4.69, 9.17) is 9.47 Å². The summed E-state index contributed by atoms with van der Waals surface area (Å²) in [6, 6.07) is 25.8. The molecule has 37 heavy (non-hydrogen) atoms. The van der Waals surface area contributed by atoms with E-state index in [0.29, 0.717) is 23.7 Å². The van der Waals surface area contributed by atoms with Crippen LogP contribution in [0.3, 0.4) is 0 Å². The number of ether oxygens (including phenoxy) is 2. The van der Waals surface area contributed by atoms with E-state index in [0.717, 1.165) is 39.8 Å². The average Bonchev–Trinajstić information content (AvgIpc) is 3.47. The van der Waals surface area contributed by atoms with Crippen LogP contribution in [-0.4, -0.2) is 32.3 Å². The molecule has 6 nitrogen and oxygen atoms in total. The van der Waals surface area contributed by atoms with Crippen molar-refractivity contribution in [3.63, 3.8) is 0 Å². The first kappa shape index (κ1) is 24.8. The molecule has 0 aliphatic carbocycles. The maximum atomic E-state index is 12.5. The van der Waals surface area contributed by atoms with Gasteiger partial charge in [0.25, 0.3) is 5.91 Å². The number of halogens is 1. The zero-order valence-corrected chi connectivity index (χ0v) is 22.2. The minimum Gasteiger partial charge on any atom is -0.493 e. The zero-order chi connectivity index (χ0) is 25.6. The number of benzene rings is 4. The van der Waals surface area contributed by atoms with Crippen molar-refractivity contribution in [2.75, 3.05) is 25.1 Å². The molecule has 0 atom stereocenters. The third kappa shape index (κ3) is 5.78. The summed E-state index contributed by atoms with van der Waals surface area (Å²) >= 11 is 3.60. The molecule has 1 N–H and O–H groups in total. The Hall–Kier alpha value is -3.84. The summed E-state index contributed by atoms with van der Waals surface area (Å²) in [6.45, 7) is 2.54. The Morgan fingerprint density at radius 2 is 1.78 bits per heavy atom. The van der Waals surface area contributed by atoms with Gasteiger partial charge in [-0.1, -0.05) is 42.5 Å². The van der Waals surface area contributed by atoms with Crippen LogP contribution in [0.2, 0.25) is 0 Å². The Labute approximate surface area is 225 Å². The molecule has 1 amide bonds. The standard InChI is InChI=1S/C30H28BrN3O3/c1-36-28-18-21(19-32-33-30(35)23-11-13-25(14-12-23)34-15-4-5-16-34)17-27(31)29(28)37-20-24-9-6-8-22-7-2-3-10-26(22)24/h2-3,6-14,17-19H,4-5,15-16,20H2,1H3,(H,33,35)/b32-19+. The molecule has 1 fully saturated rings. The lowest BCUT2D eigenvalue weighted by atomic mass is 10.1. The van der Waals surface area contributed by atoms with Crippen molar-refractivity contribution in [2.45, 2.75) is 19.4 Å². The number of nitrogens with one attached hydrogen (secondary N) is 1. The van der Waals surface area contributed by atoms with Gasteiger partial charge in [-0.25, -0.2) is 5.43 Å². The molecule has 1 saturated heterocycles. The third-order valence-electron chi connectivity index (χ3n) is 6.48. The van der Waals surface area contributed by atoms with E-state index in [9.17, 15) is 4.79 Å². The first-order valence-electron chi connectivity index (χ1n) is 12.3. The molecule has 4 aromatic carbocycles. The smallest absolute Gasteiger partial charge is 0.271 e. The van der Waals surface area contributed by atoms with E-state index < -0.39 is 0 Å².